The standard InChI is InChI=1S/C22H20FN3OS/c1-2-18-13-28-22(25-18)26-19(11-24)21(20(26)12-27)15-8-6-14(7-9-15)16-4-3-5-17(23)10-16/h3-10,13,19-21,27H,2,12H2,1H3/t19-,20+,21+/m0/s1. The second-order valence-electron chi connectivity index (χ2n) is 6.86. The minimum absolute atomic E-state index is 0.0461. The molecular weight excluding hydrogens is 373 g/mol. The second kappa shape index (κ2) is 7.70. The van der Waals surface area contributed by atoms with Crippen LogP contribution in [-0.2, 0) is 6.42 Å². The molecule has 0 radical (unpaired) electrons. The SMILES string of the molecule is CCc1csc(N2[C@H](CO)[C@H](c3ccc(-c4cccc(F)c4)cc3)[C@@H]2C#N)n1. The molecule has 0 spiro atoms. The Morgan fingerprint density at radius 2 is 2.00 bits per heavy atom. The Balaban J connectivity index is 1.60. The molecule has 1 aliphatic heterocycles. The molecule has 0 unspecified atom stereocenters. The van der Waals surface area contributed by atoms with Gasteiger partial charge in [0.05, 0.1) is 24.4 Å². The predicted octanol–water partition coefficient (Wildman–Crippen LogP) is 4.37. The summed E-state index contributed by atoms with van der Waals surface area (Å²) in [5, 5.41) is 22.5. The van der Waals surface area contributed by atoms with Crippen molar-refractivity contribution in [1.29, 1.82) is 5.26 Å². The van der Waals surface area contributed by atoms with Gasteiger partial charge < -0.3 is 10.0 Å². The number of nitriles is 1. The Labute approximate surface area is 167 Å². The van der Waals surface area contributed by atoms with Crippen molar-refractivity contribution in [3.8, 4) is 17.2 Å². The molecule has 1 aliphatic rings. The molecule has 2 aromatic carbocycles. The molecule has 4 rings (SSSR count). The molecule has 0 aliphatic carbocycles. The Kier molecular flexibility index (Phi) is 5.12. The largest absolute Gasteiger partial charge is 0.394 e. The highest BCUT2D eigenvalue weighted by Gasteiger charge is 2.50. The van der Waals surface area contributed by atoms with Crippen LogP contribution in [0.15, 0.2) is 53.9 Å². The highest BCUT2D eigenvalue weighted by molar-refractivity contribution is 7.13. The highest BCUT2D eigenvalue weighted by atomic mass is 32.1. The second-order valence-corrected chi connectivity index (χ2v) is 7.70. The minimum Gasteiger partial charge on any atom is -0.394 e. The van der Waals surface area contributed by atoms with Gasteiger partial charge in [0, 0.05) is 11.3 Å². The molecule has 2 heterocycles. The van der Waals surface area contributed by atoms with Gasteiger partial charge in [-0.25, -0.2) is 9.37 Å². The van der Waals surface area contributed by atoms with Crippen LogP contribution in [-0.4, -0.2) is 28.8 Å². The molecule has 3 aromatic rings. The van der Waals surface area contributed by atoms with E-state index < -0.39 is 0 Å². The maximum atomic E-state index is 13.5. The van der Waals surface area contributed by atoms with Crippen molar-refractivity contribution in [2.75, 3.05) is 11.5 Å². The fourth-order valence-corrected chi connectivity index (χ4v) is 4.82. The van der Waals surface area contributed by atoms with Crippen molar-refractivity contribution >= 4 is 16.5 Å². The maximum Gasteiger partial charge on any atom is 0.186 e. The van der Waals surface area contributed by atoms with E-state index in [0.717, 1.165) is 33.9 Å². The van der Waals surface area contributed by atoms with Gasteiger partial charge in [-0.15, -0.1) is 11.3 Å². The summed E-state index contributed by atoms with van der Waals surface area (Å²) in [6, 6.07) is 16.1. The maximum absolute atomic E-state index is 13.5. The van der Waals surface area contributed by atoms with Crippen LogP contribution in [0.3, 0.4) is 0 Å². The van der Waals surface area contributed by atoms with Crippen LogP contribution < -0.4 is 4.90 Å². The molecule has 0 amide bonds. The Morgan fingerprint density at radius 3 is 2.61 bits per heavy atom. The smallest absolute Gasteiger partial charge is 0.186 e. The van der Waals surface area contributed by atoms with E-state index in [1.165, 1.54) is 23.5 Å². The number of rotatable bonds is 5. The first-order chi connectivity index (χ1) is 13.7. The quantitative estimate of drug-likeness (QED) is 0.699. The molecule has 1 saturated heterocycles. The Bertz CT molecular complexity index is 1010. The van der Waals surface area contributed by atoms with E-state index in [1.54, 1.807) is 6.07 Å². The number of benzene rings is 2. The first-order valence-corrected chi connectivity index (χ1v) is 10.1. The van der Waals surface area contributed by atoms with E-state index in [9.17, 15) is 14.8 Å². The normalized spacial score (nSPS) is 21.2. The van der Waals surface area contributed by atoms with E-state index in [0.29, 0.717) is 0 Å². The predicted molar refractivity (Wildman–Crippen MR) is 109 cm³/mol. The zero-order valence-electron chi connectivity index (χ0n) is 15.4. The van der Waals surface area contributed by atoms with E-state index in [1.807, 2.05) is 47.5 Å². The molecule has 1 N–H and O–H groups in total. The number of halogens is 1. The molecule has 4 nitrogen and oxygen atoms in total. The number of anilines is 1. The van der Waals surface area contributed by atoms with Crippen LogP contribution in [0.5, 0.6) is 0 Å². The number of aliphatic hydroxyl groups excluding tert-OH is 1. The minimum atomic E-state index is -0.368. The van der Waals surface area contributed by atoms with E-state index >= 15 is 0 Å². The van der Waals surface area contributed by atoms with Gasteiger partial charge in [0.1, 0.15) is 11.9 Å². The van der Waals surface area contributed by atoms with Gasteiger partial charge in [-0.2, -0.15) is 5.26 Å². The number of hydrogen-bond donors (Lipinski definition) is 1. The van der Waals surface area contributed by atoms with Crippen LogP contribution in [0.2, 0.25) is 0 Å². The fraction of sp³-hybridized carbons (Fsp3) is 0.273. The van der Waals surface area contributed by atoms with Gasteiger partial charge in [-0.1, -0.05) is 43.3 Å². The summed E-state index contributed by atoms with van der Waals surface area (Å²) in [5.74, 6) is -0.360. The molecule has 28 heavy (non-hydrogen) atoms. The van der Waals surface area contributed by atoms with Gasteiger partial charge in [-0.05, 0) is 35.2 Å². The highest BCUT2D eigenvalue weighted by Crippen LogP contribution is 2.44. The van der Waals surface area contributed by atoms with Gasteiger partial charge in [-0.3, -0.25) is 0 Å². The average Bonchev–Trinajstić information content (AvgIpc) is 3.17. The lowest BCUT2D eigenvalue weighted by Crippen LogP contribution is -2.63. The number of aliphatic hydroxyl groups is 1. The average molecular weight is 393 g/mol. The fourth-order valence-electron chi connectivity index (χ4n) is 3.81. The number of aryl methyl sites for hydroxylation is 1. The van der Waals surface area contributed by atoms with Crippen molar-refractivity contribution in [3.05, 3.63) is 71.0 Å². The van der Waals surface area contributed by atoms with E-state index in [4.69, 9.17) is 0 Å². The number of aromatic nitrogens is 1. The summed E-state index contributed by atoms with van der Waals surface area (Å²) in [6.45, 7) is 2.00. The Morgan fingerprint density at radius 1 is 1.21 bits per heavy atom. The summed E-state index contributed by atoms with van der Waals surface area (Å²) in [4.78, 5) is 6.51. The number of nitrogens with zero attached hydrogens (tertiary/aromatic N) is 3. The van der Waals surface area contributed by atoms with Gasteiger partial charge >= 0.3 is 0 Å². The molecule has 1 aromatic heterocycles. The number of hydrogen-bond acceptors (Lipinski definition) is 5. The zero-order valence-corrected chi connectivity index (χ0v) is 16.2. The monoisotopic (exact) mass is 393 g/mol. The third kappa shape index (κ3) is 3.17. The molecule has 0 saturated carbocycles. The van der Waals surface area contributed by atoms with Crippen molar-refractivity contribution in [1.82, 2.24) is 4.98 Å². The lowest BCUT2D eigenvalue weighted by atomic mass is 9.76. The Hall–Kier alpha value is -2.75. The van der Waals surface area contributed by atoms with Gasteiger partial charge in [0.25, 0.3) is 0 Å². The zero-order chi connectivity index (χ0) is 19.7. The van der Waals surface area contributed by atoms with Crippen LogP contribution in [0.25, 0.3) is 11.1 Å². The molecule has 1 fully saturated rings. The van der Waals surface area contributed by atoms with Crippen molar-refractivity contribution < 1.29 is 9.50 Å². The van der Waals surface area contributed by atoms with Crippen molar-refractivity contribution in [3.63, 3.8) is 0 Å². The topological polar surface area (TPSA) is 60.1 Å². The molecule has 6 heteroatoms. The van der Waals surface area contributed by atoms with Gasteiger partial charge in [0.2, 0.25) is 0 Å². The number of thiazole rings is 1. The summed E-state index contributed by atoms with van der Waals surface area (Å²) >= 11 is 1.51. The van der Waals surface area contributed by atoms with Crippen molar-refractivity contribution in [2.24, 2.45) is 0 Å². The third-order valence-electron chi connectivity index (χ3n) is 5.31. The molecule has 142 valence electrons. The summed E-state index contributed by atoms with van der Waals surface area (Å²) in [6.07, 6.45) is 0.844. The third-order valence-corrected chi connectivity index (χ3v) is 6.21. The van der Waals surface area contributed by atoms with Crippen molar-refractivity contribution in [2.45, 2.75) is 31.3 Å². The van der Waals surface area contributed by atoms with Crippen LogP contribution >= 0.6 is 11.3 Å². The first-order valence-electron chi connectivity index (χ1n) is 9.25. The molecule has 0 bridgehead atoms. The summed E-state index contributed by atoms with van der Waals surface area (Å²) in [5.41, 5.74) is 3.72. The molecule has 3 atom stereocenters. The lowest BCUT2D eigenvalue weighted by molar-refractivity contribution is 0.187. The first kappa shape index (κ1) is 18.6. The lowest BCUT2D eigenvalue weighted by Gasteiger charge is -2.51. The van der Waals surface area contributed by atoms with Crippen LogP contribution in [0.4, 0.5) is 9.52 Å². The van der Waals surface area contributed by atoms with Gasteiger partial charge in [0.15, 0.2) is 5.13 Å². The summed E-state index contributed by atoms with van der Waals surface area (Å²) in [7, 11) is 0. The van der Waals surface area contributed by atoms with Crippen LogP contribution in [0, 0.1) is 17.1 Å². The summed E-state index contributed by atoms with van der Waals surface area (Å²) < 4.78 is 13.5. The van der Waals surface area contributed by atoms with E-state index in [-0.39, 0.29) is 30.4 Å². The van der Waals surface area contributed by atoms with E-state index in [2.05, 4.69) is 11.1 Å². The van der Waals surface area contributed by atoms with Crippen LogP contribution in [0.1, 0.15) is 24.1 Å². The molecular formula is C22H20FN3OS.